The molecule has 6 nitrogen and oxygen atoms in total. The molecule has 0 fully saturated rings. The van der Waals surface area contributed by atoms with Crippen molar-refractivity contribution in [1.29, 1.82) is 0 Å². The van der Waals surface area contributed by atoms with Crippen LogP contribution in [0.5, 0.6) is 11.5 Å². The van der Waals surface area contributed by atoms with Crippen LogP contribution < -0.4 is 9.47 Å². The summed E-state index contributed by atoms with van der Waals surface area (Å²) < 4.78 is 12.3. The quantitative estimate of drug-likeness (QED) is 0.688. The van der Waals surface area contributed by atoms with E-state index in [1.807, 2.05) is 25.3 Å². The van der Waals surface area contributed by atoms with Gasteiger partial charge in [-0.25, -0.2) is 4.98 Å². The van der Waals surface area contributed by atoms with E-state index in [0.717, 1.165) is 5.56 Å². The van der Waals surface area contributed by atoms with E-state index in [0.29, 0.717) is 28.4 Å². The Morgan fingerprint density at radius 3 is 2.64 bits per heavy atom. The number of hydrogen-bond donors (Lipinski definition) is 0. The number of hydrogen-bond acceptors (Lipinski definition) is 5. The van der Waals surface area contributed by atoms with Crippen molar-refractivity contribution in [2.24, 2.45) is 5.18 Å². The summed E-state index contributed by atoms with van der Waals surface area (Å²) in [5, 5.41) is 3.16. The molecule has 3 rings (SSSR count). The fraction of sp³-hybridized carbons (Fsp3) is 0.188. The second-order valence-electron chi connectivity index (χ2n) is 4.88. The second kappa shape index (κ2) is 5.48. The van der Waals surface area contributed by atoms with Crippen molar-refractivity contribution in [3.05, 3.63) is 47.0 Å². The standard InChI is InChI=1S/C16H15N3O3/c1-10-4-7-14-17-15(16(18-20)19(14)9-10)12-6-5-11(21-2)8-13(12)22-3/h4-9H,1-3H3. The van der Waals surface area contributed by atoms with Crippen LogP contribution in [0.2, 0.25) is 0 Å². The Morgan fingerprint density at radius 1 is 1.14 bits per heavy atom. The van der Waals surface area contributed by atoms with Gasteiger partial charge in [0.1, 0.15) is 22.8 Å². The Labute approximate surface area is 127 Å². The lowest BCUT2D eigenvalue weighted by molar-refractivity contribution is 0.395. The molecule has 0 aliphatic heterocycles. The van der Waals surface area contributed by atoms with Crippen LogP contribution in [0.1, 0.15) is 5.56 Å². The molecular formula is C16H15N3O3. The van der Waals surface area contributed by atoms with Gasteiger partial charge in [-0.1, -0.05) is 6.07 Å². The van der Waals surface area contributed by atoms with E-state index < -0.39 is 0 Å². The van der Waals surface area contributed by atoms with Gasteiger partial charge in [0.25, 0.3) is 0 Å². The third-order valence-corrected chi connectivity index (χ3v) is 3.49. The Balaban J connectivity index is 2.28. The number of benzene rings is 1. The Kier molecular flexibility index (Phi) is 3.50. The normalized spacial score (nSPS) is 10.7. The molecule has 0 spiro atoms. The van der Waals surface area contributed by atoms with Crippen molar-refractivity contribution in [3.63, 3.8) is 0 Å². The summed E-state index contributed by atoms with van der Waals surface area (Å²) in [6.45, 7) is 1.95. The van der Waals surface area contributed by atoms with Gasteiger partial charge in [0.2, 0.25) is 5.82 Å². The van der Waals surface area contributed by atoms with Gasteiger partial charge in [-0.05, 0) is 35.9 Å². The summed E-state index contributed by atoms with van der Waals surface area (Å²) in [6.07, 6.45) is 1.83. The molecule has 6 heteroatoms. The zero-order chi connectivity index (χ0) is 15.7. The van der Waals surface area contributed by atoms with E-state index in [1.54, 1.807) is 36.8 Å². The van der Waals surface area contributed by atoms with Crippen LogP contribution in [-0.4, -0.2) is 23.6 Å². The van der Waals surface area contributed by atoms with Gasteiger partial charge in [0, 0.05) is 17.8 Å². The van der Waals surface area contributed by atoms with Crippen molar-refractivity contribution in [1.82, 2.24) is 9.38 Å². The first-order chi connectivity index (χ1) is 10.7. The average Bonchev–Trinajstić information content (AvgIpc) is 2.91. The Morgan fingerprint density at radius 2 is 1.95 bits per heavy atom. The van der Waals surface area contributed by atoms with Crippen molar-refractivity contribution >= 4 is 11.5 Å². The predicted octanol–water partition coefficient (Wildman–Crippen LogP) is 3.72. The molecule has 0 radical (unpaired) electrons. The summed E-state index contributed by atoms with van der Waals surface area (Å²) in [5.74, 6) is 1.49. The highest BCUT2D eigenvalue weighted by Gasteiger charge is 2.18. The first-order valence-electron chi connectivity index (χ1n) is 6.72. The number of aryl methyl sites for hydroxylation is 1. The van der Waals surface area contributed by atoms with E-state index in [2.05, 4.69) is 10.2 Å². The van der Waals surface area contributed by atoms with E-state index in [-0.39, 0.29) is 5.82 Å². The maximum absolute atomic E-state index is 11.3. The number of imidazole rings is 1. The van der Waals surface area contributed by atoms with Gasteiger partial charge >= 0.3 is 0 Å². The highest BCUT2D eigenvalue weighted by molar-refractivity contribution is 5.79. The zero-order valence-electron chi connectivity index (χ0n) is 12.5. The van der Waals surface area contributed by atoms with E-state index in [9.17, 15) is 4.91 Å². The van der Waals surface area contributed by atoms with Crippen LogP contribution in [-0.2, 0) is 0 Å². The summed E-state index contributed by atoms with van der Waals surface area (Å²) in [4.78, 5) is 15.8. The largest absolute Gasteiger partial charge is 0.497 e. The Bertz CT molecular complexity index is 855. The molecule has 22 heavy (non-hydrogen) atoms. The molecule has 0 saturated carbocycles. The molecule has 1 aromatic carbocycles. The fourth-order valence-electron chi connectivity index (χ4n) is 2.40. The molecule has 0 saturated heterocycles. The molecule has 3 aromatic rings. The molecule has 112 valence electrons. The van der Waals surface area contributed by atoms with E-state index in [4.69, 9.17) is 9.47 Å². The molecule has 0 atom stereocenters. The van der Waals surface area contributed by atoms with Gasteiger partial charge in [0.15, 0.2) is 0 Å². The van der Waals surface area contributed by atoms with Crippen LogP contribution in [0, 0.1) is 11.8 Å². The third kappa shape index (κ3) is 2.18. The number of methoxy groups -OCH3 is 2. The molecule has 0 bridgehead atoms. The van der Waals surface area contributed by atoms with Gasteiger partial charge < -0.3 is 9.47 Å². The Hall–Kier alpha value is -2.89. The summed E-state index contributed by atoms with van der Waals surface area (Å²) >= 11 is 0. The molecule has 2 heterocycles. The lowest BCUT2D eigenvalue weighted by Gasteiger charge is -2.08. The second-order valence-corrected chi connectivity index (χ2v) is 4.88. The molecule has 2 aromatic heterocycles. The zero-order valence-corrected chi connectivity index (χ0v) is 12.5. The average molecular weight is 297 g/mol. The predicted molar refractivity (Wildman–Crippen MR) is 83.9 cm³/mol. The lowest BCUT2D eigenvalue weighted by atomic mass is 10.1. The van der Waals surface area contributed by atoms with Gasteiger partial charge in [-0.15, -0.1) is 4.91 Å². The number of nitroso groups, excluding NO2 is 1. The van der Waals surface area contributed by atoms with Crippen LogP contribution in [0.25, 0.3) is 16.9 Å². The van der Waals surface area contributed by atoms with Crippen molar-refractivity contribution < 1.29 is 9.47 Å². The first-order valence-corrected chi connectivity index (χ1v) is 6.72. The first kappa shape index (κ1) is 14.1. The molecule has 0 aliphatic carbocycles. The van der Waals surface area contributed by atoms with Gasteiger partial charge in [-0.3, -0.25) is 4.40 Å². The lowest BCUT2D eigenvalue weighted by Crippen LogP contribution is -1.91. The van der Waals surface area contributed by atoms with Crippen molar-refractivity contribution in [2.75, 3.05) is 14.2 Å². The molecule has 0 N–H and O–H groups in total. The summed E-state index contributed by atoms with van der Waals surface area (Å²) in [7, 11) is 3.15. The SMILES string of the molecule is COc1ccc(-c2nc3ccc(C)cn3c2N=O)c(OC)c1. The minimum atomic E-state index is 0.252. The van der Waals surface area contributed by atoms with E-state index in [1.165, 1.54) is 0 Å². The van der Waals surface area contributed by atoms with Crippen LogP contribution in [0.15, 0.2) is 41.7 Å². The van der Waals surface area contributed by atoms with Crippen LogP contribution in [0.4, 0.5) is 5.82 Å². The smallest absolute Gasteiger partial charge is 0.209 e. The van der Waals surface area contributed by atoms with Gasteiger partial charge in [-0.2, -0.15) is 0 Å². The molecule has 0 amide bonds. The third-order valence-electron chi connectivity index (χ3n) is 3.49. The summed E-state index contributed by atoms with van der Waals surface area (Å²) in [6, 6.07) is 9.14. The number of pyridine rings is 1. The number of rotatable bonds is 4. The molecular weight excluding hydrogens is 282 g/mol. The van der Waals surface area contributed by atoms with Crippen LogP contribution >= 0.6 is 0 Å². The minimum absolute atomic E-state index is 0.252. The van der Waals surface area contributed by atoms with Gasteiger partial charge in [0.05, 0.1) is 14.2 Å². The highest BCUT2D eigenvalue weighted by Crippen LogP contribution is 2.38. The highest BCUT2D eigenvalue weighted by atomic mass is 16.5. The maximum Gasteiger partial charge on any atom is 0.209 e. The number of fused-ring (bicyclic) bond motifs is 1. The van der Waals surface area contributed by atoms with Crippen LogP contribution in [0.3, 0.4) is 0 Å². The minimum Gasteiger partial charge on any atom is -0.497 e. The molecule has 0 aliphatic rings. The molecule has 0 unspecified atom stereocenters. The number of ether oxygens (including phenoxy) is 2. The van der Waals surface area contributed by atoms with E-state index >= 15 is 0 Å². The number of aromatic nitrogens is 2. The maximum atomic E-state index is 11.3. The monoisotopic (exact) mass is 297 g/mol. The number of nitrogens with zero attached hydrogens (tertiary/aromatic N) is 3. The van der Waals surface area contributed by atoms with Crippen molar-refractivity contribution in [3.8, 4) is 22.8 Å². The fourth-order valence-corrected chi connectivity index (χ4v) is 2.40. The topological polar surface area (TPSA) is 65.2 Å². The summed E-state index contributed by atoms with van der Waals surface area (Å²) in [5.41, 5.74) is 2.86. The van der Waals surface area contributed by atoms with Crippen molar-refractivity contribution in [2.45, 2.75) is 6.92 Å².